The molecule has 0 aliphatic carbocycles. The van der Waals surface area contributed by atoms with Crippen molar-refractivity contribution in [3.63, 3.8) is 0 Å². The number of hydrogen-bond donors (Lipinski definition) is 2. The lowest BCUT2D eigenvalue weighted by Gasteiger charge is -2.27. The number of carbonyl (C=O) groups is 3. The predicted molar refractivity (Wildman–Crippen MR) is 160 cm³/mol. The van der Waals surface area contributed by atoms with Gasteiger partial charge in [0.05, 0.1) is 12.3 Å². The molecular formula is C31H30Br2N2O4. The molecule has 39 heavy (non-hydrogen) atoms. The Bertz CT molecular complexity index is 1370. The van der Waals surface area contributed by atoms with Gasteiger partial charge in [0.2, 0.25) is 11.8 Å². The van der Waals surface area contributed by atoms with Crippen molar-refractivity contribution >= 4 is 49.5 Å². The first-order chi connectivity index (χ1) is 18.6. The first-order valence-electron chi connectivity index (χ1n) is 12.3. The van der Waals surface area contributed by atoms with Gasteiger partial charge in [0.1, 0.15) is 6.10 Å². The quantitative estimate of drug-likeness (QED) is 0.181. The Kier molecular flexibility index (Phi) is 11.0. The van der Waals surface area contributed by atoms with Gasteiger partial charge >= 0.3 is 0 Å². The first kappa shape index (κ1) is 30.2. The topological polar surface area (TPSA) is 101 Å². The minimum atomic E-state index is -0.850. The number of carbonyl (C=O) groups excluding carboxylic acids is 3. The molecule has 3 N–H and O–H groups in total. The van der Waals surface area contributed by atoms with Crippen molar-refractivity contribution in [1.29, 1.82) is 0 Å². The van der Waals surface area contributed by atoms with E-state index >= 15 is 0 Å². The first-order valence-corrected chi connectivity index (χ1v) is 13.9. The number of hydrogen-bond acceptors (Lipinski definition) is 4. The molecule has 2 atom stereocenters. The number of aliphatic hydroxyl groups is 1. The summed E-state index contributed by atoms with van der Waals surface area (Å²) in [7, 11) is 1.58. The van der Waals surface area contributed by atoms with Crippen LogP contribution in [0.15, 0.2) is 106 Å². The molecule has 8 heteroatoms. The molecule has 0 heterocycles. The van der Waals surface area contributed by atoms with Crippen LogP contribution in [0.25, 0.3) is 0 Å². The second-order valence-corrected chi connectivity index (χ2v) is 10.9. The summed E-state index contributed by atoms with van der Waals surface area (Å²) in [6, 6.07) is 21.5. The molecule has 0 aliphatic rings. The van der Waals surface area contributed by atoms with Gasteiger partial charge < -0.3 is 15.7 Å². The van der Waals surface area contributed by atoms with Crippen LogP contribution in [-0.4, -0.2) is 34.7 Å². The van der Waals surface area contributed by atoms with Crippen LogP contribution in [-0.2, 0) is 16.0 Å². The van der Waals surface area contributed by atoms with Gasteiger partial charge in [-0.15, -0.1) is 6.58 Å². The Morgan fingerprint density at radius 2 is 1.59 bits per heavy atom. The third kappa shape index (κ3) is 8.33. The van der Waals surface area contributed by atoms with Gasteiger partial charge in [0.25, 0.3) is 0 Å². The zero-order valence-corrected chi connectivity index (χ0v) is 24.7. The third-order valence-electron chi connectivity index (χ3n) is 6.29. The van der Waals surface area contributed by atoms with Crippen molar-refractivity contribution in [1.82, 2.24) is 4.90 Å². The van der Waals surface area contributed by atoms with Gasteiger partial charge in [0.15, 0.2) is 5.78 Å². The number of allylic oxidation sites excluding steroid dienone is 2. The second kappa shape index (κ2) is 14.2. The summed E-state index contributed by atoms with van der Waals surface area (Å²) in [4.78, 5) is 40.0. The number of primary amides is 1. The van der Waals surface area contributed by atoms with E-state index in [-0.39, 0.29) is 31.0 Å². The van der Waals surface area contributed by atoms with Crippen LogP contribution >= 0.6 is 31.9 Å². The maximum absolute atomic E-state index is 13.5. The van der Waals surface area contributed by atoms with E-state index in [0.29, 0.717) is 22.4 Å². The highest BCUT2D eigenvalue weighted by molar-refractivity contribution is 9.10. The van der Waals surface area contributed by atoms with E-state index in [0.717, 1.165) is 14.5 Å². The van der Waals surface area contributed by atoms with Crippen molar-refractivity contribution < 1.29 is 19.5 Å². The number of halogens is 2. The highest BCUT2D eigenvalue weighted by atomic mass is 79.9. The molecule has 0 saturated heterocycles. The fourth-order valence-electron chi connectivity index (χ4n) is 4.21. The van der Waals surface area contributed by atoms with Crippen molar-refractivity contribution in [3.8, 4) is 0 Å². The summed E-state index contributed by atoms with van der Waals surface area (Å²) >= 11 is 6.77. The van der Waals surface area contributed by atoms with Crippen molar-refractivity contribution in [2.24, 2.45) is 11.7 Å². The van der Waals surface area contributed by atoms with Crippen LogP contribution in [0.2, 0.25) is 0 Å². The monoisotopic (exact) mass is 652 g/mol. The number of nitrogens with zero attached hydrogens (tertiary/aromatic N) is 1. The highest BCUT2D eigenvalue weighted by Gasteiger charge is 2.28. The lowest BCUT2D eigenvalue weighted by atomic mass is 9.90. The second-order valence-electron chi connectivity index (χ2n) is 9.08. The van der Waals surface area contributed by atoms with Gasteiger partial charge in [-0.05, 0) is 47.4 Å². The number of benzene rings is 3. The zero-order valence-electron chi connectivity index (χ0n) is 21.5. The van der Waals surface area contributed by atoms with E-state index < -0.39 is 17.9 Å². The summed E-state index contributed by atoms with van der Waals surface area (Å²) in [5, 5.41) is 10.9. The van der Waals surface area contributed by atoms with Crippen molar-refractivity contribution in [2.75, 3.05) is 7.05 Å². The molecule has 0 bridgehead atoms. The Morgan fingerprint density at radius 1 is 0.974 bits per heavy atom. The molecule has 0 aromatic heterocycles. The molecule has 3 rings (SSSR count). The largest absolute Gasteiger partial charge is 0.384 e. The Morgan fingerprint density at radius 3 is 2.18 bits per heavy atom. The van der Waals surface area contributed by atoms with E-state index in [1.807, 2.05) is 30.3 Å². The van der Waals surface area contributed by atoms with E-state index in [2.05, 4.69) is 38.4 Å². The lowest BCUT2D eigenvalue weighted by molar-refractivity contribution is -0.127. The lowest BCUT2D eigenvalue weighted by Crippen LogP contribution is -2.34. The maximum atomic E-state index is 13.5. The number of aliphatic hydroxyl groups excluding tert-OH is 1. The zero-order chi connectivity index (χ0) is 28.5. The number of Topliss-reactive ketones (excluding diaryl/α,β-unsaturated/α-hetero) is 1. The molecule has 3 aromatic rings. The third-order valence-corrected chi connectivity index (χ3v) is 7.34. The number of nitrogens with two attached hydrogens (primary N) is 1. The van der Waals surface area contributed by atoms with Crippen LogP contribution in [0.5, 0.6) is 0 Å². The minimum Gasteiger partial charge on any atom is -0.384 e. The maximum Gasteiger partial charge on any atom is 0.230 e. The summed E-state index contributed by atoms with van der Waals surface area (Å²) in [5.41, 5.74) is 8.35. The summed E-state index contributed by atoms with van der Waals surface area (Å²) in [5.74, 6) is -1.78. The molecule has 202 valence electrons. The van der Waals surface area contributed by atoms with Crippen LogP contribution in [0.3, 0.4) is 0 Å². The predicted octanol–water partition coefficient (Wildman–Crippen LogP) is 6.13. The van der Waals surface area contributed by atoms with Crippen LogP contribution in [0.1, 0.15) is 46.0 Å². The van der Waals surface area contributed by atoms with E-state index in [9.17, 15) is 19.5 Å². The van der Waals surface area contributed by atoms with Crippen molar-refractivity contribution in [2.45, 2.75) is 25.4 Å². The van der Waals surface area contributed by atoms with Gasteiger partial charge in [-0.3, -0.25) is 14.4 Å². The van der Waals surface area contributed by atoms with Gasteiger partial charge in [-0.25, -0.2) is 0 Å². The Balaban J connectivity index is 1.87. The van der Waals surface area contributed by atoms with Crippen LogP contribution < -0.4 is 5.73 Å². The van der Waals surface area contributed by atoms with E-state index in [4.69, 9.17) is 5.73 Å². The molecule has 0 spiro atoms. The van der Waals surface area contributed by atoms with Gasteiger partial charge in [0, 0.05) is 33.7 Å². The van der Waals surface area contributed by atoms with Gasteiger partial charge in [-0.2, -0.15) is 0 Å². The SMILES string of the molecule is C=CCC(C(=O)c1ccc(Br)cc1)/C(=C/CC(N)=O)N(C)C(=O)Cc1cccc(C(O)c2ccc(Br)cc2)c1. The fraction of sp³-hybridized carbons (Fsp3) is 0.194. The Labute approximate surface area is 245 Å². The smallest absolute Gasteiger partial charge is 0.230 e. The number of likely N-dealkylation sites (N-methyl/N-ethyl adjacent to an activating group) is 1. The molecule has 2 unspecified atom stereocenters. The molecular weight excluding hydrogens is 624 g/mol. The molecule has 2 amide bonds. The average molecular weight is 654 g/mol. The molecule has 0 aliphatic heterocycles. The van der Waals surface area contributed by atoms with E-state index in [1.165, 1.54) is 4.90 Å². The molecule has 0 radical (unpaired) electrons. The molecule has 0 saturated carbocycles. The normalized spacial score (nSPS) is 12.9. The molecule has 6 nitrogen and oxygen atoms in total. The standard InChI is InChI=1S/C31H30Br2N2O4/c1-3-5-26(31(39)22-10-14-25(33)15-11-22)27(16-17-28(34)36)35(2)29(37)19-20-6-4-7-23(18-20)30(38)21-8-12-24(32)13-9-21/h3-4,6-16,18,26,30,38H,1,5,17,19H2,2H3,(H2,34,36)/b27-16-. The number of ketones is 1. The van der Waals surface area contributed by atoms with Gasteiger partial charge in [-0.1, -0.05) is 92.5 Å². The Hall–Kier alpha value is -3.33. The number of amides is 2. The molecule has 3 aromatic carbocycles. The fourth-order valence-corrected chi connectivity index (χ4v) is 4.74. The van der Waals surface area contributed by atoms with Crippen molar-refractivity contribution in [3.05, 3.63) is 128 Å². The van der Waals surface area contributed by atoms with Crippen LogP contribution in [0, 0.1) is 5.92 Å². The summed E-state index contributed by atoms with van der Waals surface area (Å²) < 4.78 is 1.75. The highest BCUT2D eigenvalue weighted by Crippen LogP contribution is 2.27. The molecule has 0 fully saturated rings. The summed E-state index contributed by atoms with van der Waals surface area (Å²) in [6.07, 6.45) is 2.48. The van der Waals surface area contributed by atoms with Crippen LogP contribution in [0.4, 0.5) is 0 Å². The van der Waals surface area contributed by atoms with E-state index in [1.54, 1.807) is 61.7 Å². The minimum absolute atomic E-state index is 0.0264. The average Bonchev–Trinajstić information content (AvgIpc) is 2.92. The number of rotatable bonds is 12. The summed E-state index contributed by atoms with van der Waals surface area (Å²) in [6.45, 7) is 3.79.